The number of ether oxygens (including phenoxy) is 3. The number of carbonyl (C=O) groups excluding carboxylic acids is 2. The highest BCUT2D eigenvalue weighted by atomic mass is 19.1. The Hall–Kier alpha value is -4.11. The first-order chi connectivity index (χ1) is 17.0. The highest BCUT2D eigenvalue weighted by Gasteiger charge is 2.61. The number of nitrogens with zero attached hydrogens (tertiary/aromatic N) is 2. The summed E-state index contributed by atoms with van der Waals surface area (Å²) in [5.41, 5.74) is 1.38. The van der Waals surface area contributed by atoms with Gasteiger partial charge in [0.25, 0.3) is 5.91 Å². The topological polar surface area (TPSA) is 77.5 Å². The Morgan fingerprint density at radius 1 is 0.771 bits per heavy atom. The van der Waals surface area contributed by atoms with Crippen LogP contribution in [0.3, 0.4) is 0 Å². The standard InChI is InChI=1S/C26H23FN2O6/c1-32-19-14-21(34-3)20(33-2)13-18(19)23-22-24(35-29(23)16-9-5-4-6-10-16)26(31)28(25(22)30)17-11-7-8-15(27)12-17/h4-14,22-24H,1-3H3/t22-,23+,24+/m0/s1. The zero-order chi connectivity index (χ0) is 24.7. The molecule has 2 aliphatic heterocycles. The largest absolute Gasteiger partial charge is 0.496 e. The molecule has 2 saturated heterocycles. The molecular formula is C26H23FN2O6. The van der Waals surface area contributed by atoms with Crippen LogP contribution in [-0.2, 0) is 14.4 Å². The summed E-state index contributed by atoms with van der Waals surface area (Å²) in [5, 5.41) is 1.55. The predicted octanol–water partition coefficient (Wildman–Crippen LogP) is 3.90. The summed E-state index contributed by atoms with van der Waals surface area (Å²) in [4.78, 5) is 34.2. The molecule has 2 amide bonds. The van der Waals surface area contributed by atoms with Gasteiger partial charge in [0.2, 0.25) is 5.91 Å². The Morgan fingerprint density at radius 3 is 2.09 bits per heavy atom. The minimum Gasteiger partial charge on any atom is -0.496 e. The summed E-state index contributed by atoms with van der Waals surface area (Å²) in [6.45, 7) is 0. The second-order valence-corrected chi connectivity index (χ2v) is 8.10. The van der Waals surface area contributed by atoms with Crippen LogP contribution in [-0.4, -0.2) is 39.2 Å². The van der Waals surface area contributed by atoms with Crippen molar-refractivity contribution >= 4 is 23.2 Å². The van der Waals surface area contributed by atoms with Gasteiger partial charge < -0.3 is 14.2 Å². The van der Waals surface area contributed by atoms with E-state index in [1.165, 1.54) is 39.5 Å². The molecule has 2 aliphatic rings. The van der Waals surface area contributed by atoms with Crippen molar-refractivity contribution in [1.82, 2.24) is 0 Å². The molecule has 3 atom stereocenters. The fourth-order valence-electron chi connectivity index (χ4n) is 4.68. The zero-order valence-corrected chi connectivity index (χ0v) is 19.3. The van der Waals surface area contributed by atoms with Gasteiger partial charge in [0, 0.05) is 11.6 Å². The van der Waals surface area contributed by atoms with Crippen LogP contribution >= 0.6 is 0 Å². The van der Waals surface area contributed by atoms with Crippen molar-refractivity contribution in [3.63, 3.8) is 0 Å². The molecule has 2 fully saturated rings. The van der Waals surface area contributed by atoms with Crippen molar-refractivity contribution in [2.75, 3.05) is 31.3 Å². The molecule has 2 heterocycles. The number of para-hydroxylation sites is 1. The molecule has 9 heteroatoms. The quantitative estimate of drug-likeness (QED) is 0.498. The van der Waals surface area contributed by atoms with Crippen molar-refractivity contribution in [2.45, 2.75) is 12.1 Å². The normalized spacial score (nSPS) is 21.3. The van der Waals surface area contributed by atoms with Gasteiger partial charge in [-0.1, -0.05) is 24.3 Å². The molecule has 0 aromatic heterocycles. The summed E-state index contributed by atoms with van der Waals surface area (Å²) in [5.74, 6) is -1.21. The van der Waals surface area contributed by atoms with Crippen molar-refractivity contribution in [3.8, 4) is 17.2 Å². The number of hydrogen-bond donors (Lipinski definition) is 0. The molecule has 0 radical (unpaired) electrons. The molecule has 35 heavy (non-hydrogen) atoms. The van der Waals surface area contributed by atoms with Gasteiger partial charge >= 0.3 is 0 Å². The van der Waals surface area contributed by atoms with Crippen LogP contribution in [0.15, 0.2) is 66.7 Å². The molecular weight excluding hydrogens is 455 g/mol. The van der Waals surface area contributed by atoms with E-state index >= 15 is 0 Å². The monoisotopic (exact) mass is 478 g/mol. The highest BCUT2D eigenvalue weighted by Crippen LogP contribution is 2.51. The Kier molecular flexibility index (Phi) is 5.78. The molecule has 8 nitrogen and oxygen atoms in total. The minimum atomic E-state index is -1.10. The average molecular weight is 478 g/mol. The lowest BCUT2D eigenvalue weighted by molar-refractivity contribution is -0.126. The van der Waals surface area contributed by atoms with Crippen molar-refractivity contribution in [3.05, 3.63) is 78.1 Å². The van der Waals surface area contributed by atoms with Gasteiger partial charge in [0.1, 0.15) is 23.5 Å². The molecule has 0 unspecified atom stereocenters. The number of methoxy groups -OCH3 is 3. The second-order valence-electron chi connectivity index (χ2n) is 8.10. The third kappa shape index (κ3) is 3.64. The van der Waals surface area contributed by atoms with E-state index in [1.54, 1.807) is 17.2 Å². The summed E-state index contributed by atoms with van der Waals surface area (Å²) >= 11 is 0. The van der Waals surface area contributed by atoms with Crippen molar-refractivity contribution in [1.29, 1.82) is 0 Å². The first-order valence-corrected chi connectivity index (χ1v) is 10.9. The number of imide groups is 1. The third-order valence-electron chi connectivity index (χ3n) is 6.25. The molecule has 5 rings (SSSR count). The van der Waals surface area contributed by atoms with Crippen LogP contribution in [0.25, 0.3) is 0 Å². The number of hydrogen-bond acceptors (Lipinski definition) is 7. The Morgan fingerprint density at radius 2 is 1.43 bits per heavy atom. The minimum absolute atomic E-state index is 0.155. The molecule has 180 valence electrons. The predicted molar refractivity (Wildman–Crippen MR) is 125 cm³/mol. The van der Waals surface area contributed by atoms with Gasteiger partial charge in [0.15, 0.2) is 17.6 Å². The maximum Gasteiger partial charge on any atom is 0.266 e. The smallest absolute Gasteiger partial charge is 0.266 e. The molecule has 0 spiro atoms. The molecule has 3 aromatic rings. The lowest BCUT2D eigenvalue weighted by Crippen LogP contribution is -2.37. The molecule has 0 aliphatic carbocycles. The van der Waals surface area contributed by atoms with Crippen LogP contribution in [0, 0.1) is 11.7 Å². The summed E-state index contributed by atoms with van der Waals surface area (Å²) in [6, 6.07) is 17.2. The van der Waals surface area contributed by atoms with Gasteiger partial charge in [-0.3, -0.25) is 14.4 Å². The number of benzene rings is 3. The highest BCUT2D eigenvalue weighted by molar-refractivity contribution is 6.24. The van der Waals surface area contributed by atoms with Crippen molar-refractivity contribution < 1.29 is 33.0 Å². The second kappa shape index (κ2) is 8.92. The lowest BCUT2D eigenvalue weighted by Gasteiger charge is -2.30. The van der Waals surface area contributed by atoms with Gasteiger partial charge in [-0.25, -0.2) is 14.4 Å². The fraction of sp³-hybridized carbons (Fsp3) is 0.231. The summed E-state index contributed by atoms with van der Waals surface area (Å²) in [6.07, 6.45) is -1.10. The maximum absolute atomic E-state index is 13.9. The van der Waals surface area contributed by atoms with E-state index in [-0.39, 0.29) is 5.69 Å². The maximum atomic E-state index is 13.9. The van der Waals surface area contributed by atoms with Crippen LogP contribution < -0.4 is 24.2 Å². The zero-order valence-electron chi connectivity index (χ0n) is 19.3. The molecule has 0 saturated carbocycles. The summed E-state index contributed by atoms with van der Waals surface area (Å²) < 4.78 is 30.5. The van der Waals surface area contributed by atoms with Crippen LogP contribution in [0.5, 0.6) is 17.2 Å². The van der Waals surface area contributed by atoms with Crippen LogP contribution in [0.2, 0.25) is 0 Å². The number of halogens is 1. The summed E-state index contributed by atoms with van der Waals surface area (Å²) in [7, 11) is 4.52. The Labute approximate surface area is 201 Å². The molecule has 0 bridgehead atoms. The Balaban J connectivity index is 1.66. The fourth-order valence-corrected chi connectivity index (χ4v) is 4.68. The molecule has 3 aromatic carbocycles. The Bertz CT molecular complexity index is 1280. The number of hydroxylamine groups is 1. The van der Waals surface area contributed by atoms with Crippen LogP contribution in [0.1, 0.15) is 11.6 Å². The van der Waals surface area contributed by atoms with E-state index in [9.17, 15) is 14.0 Å². The number of carbonyl (C=O) groups is 2. The average Bonchev–Trinajstić information content (AvgIpc) is 3.39. The van der Waals surface area contributed by atoms with E-state index in [0.29, 0.717) is 28.5 Å². The number of amides is 2. The number of rotatable bonds is 6. The van der Waals surface area contributed by atoms with E-state index in [1.807, 2.05) is 30.3 Å². The van der Waals surface area contributed by atoms with Gasteiger partial charge in [0.05, 0.1) is 32.7 Å². The lowest BCUT2D eigenvalue weighted by atomic mass is 9.89. The number of anilines is 2. The van der Waals surface area contributed by atoms with E-state index in [0.717, 1.165) is 11.0 Å². The number of fused-ring (bicyclic) bond motifs is 1. The van der Waals surface area contributed by atoms with Crippen LogP contribution in [0.4, 0.5) is 15.8 Å². The van der Waals surface area contributed by atoms with E-state index in [2.05, 4.69) is 0 Å². The first-order valence-electron chi connectivity index (χ1n) is 10.9. The van der Waals surface area contributed by atoms with Gasteiger partial charge in [-0.15, -0.1) is 0 Å². The molecule has 0 N–H and O–H groups in total. The first kappa shape index (κ1) is 22.7. The van der Waals surface area contributed by atoms with Crippen molar-refractivity contribution in [2.24, 2.45) is 5.92 Å². The SMILES string of the molecule is COc1cc(OC)c([C@@H]2[C@@H]3C(=O)N(c4cccc(F)c4)C(=O)[C@@H]3ON2c2ccccc2)cc1OC. The third-order valence-corrected chi connectivity index (χ3v) is 6.25. The van der Waals surface area contributed by atoms with E-state index < -0.39 is 35.7 Å². The van der Waals surface area contributed by atoms with Gasteiger partial charge in [-0.05, 0) is 36.4 Å². The van der Waals surface area contributed by atoms with Gasteiger partial charge in [-0.2, -0.15) is 0 Å². The van der Waals surface area contributed by atoms with E-state index in [4.69, 9.17) is 19.0 Å².